The SMILES string of the molecule is CCCCC(=O)N(C(=O)[C@@H](N)CC(=O)O)[C@@](Cc1ccccc1)(C(=O)O)c1ncc(C#N)cn1. The third-order valence-corrected chi connectivity index (χ3v) is 5.11. The molecule has 0 radical (unpaired) electrons. The first-order valence-corrected chi connectivity index (χ1v) is 10.5. The highest BCUT2D eigenvalue weighted by atomic mass is 16.4. The standard InChI is InChI=1S/C23H25N5O6/c1-2-3-9-18(29)28(20(32)17(25)10-19(30)31)23(22(33)34,11-15-7-5-4-6-8-15)21-26-13-16(12-24)14-27-21/h4-8,13-14,17H,2-3,9-11,25H2,1H3,(H,30,31)(H,33,34)/t17-,23+/m0/s1. The van der Waals surface area contributed by atoms with Crippen molar-refractivity contribution in [2.24, 2.45) is 5.73 Å². The van der Waals surface area contributed by atoms with E-state index >= 15 is 0 Å². The Bertz CT molecular complexity index is 1080. The van der Waals surface area contributed by atoms with E-state index in [0.717, 1.165) is 12.4 Å². The molecule has 11 heteroatoms. The molecule has 0 aliphatic rings. The number of imide groups is 1. The second-order valence-electron chi connectivity index (χ2n) is 7.61. The van der Waals surface area contributed by atoms with E-state index in [4.69, 9.17) is 16.1 Å². The van der Waals surface area contributed by atoms with E-state index in [1.54, 1.807) is 30.3 Å². The van der Waals surface area contributed by atoms with Gasteiger partial charge >= 0.3 is 11.9 Å². The maximum absolute atomic E-state index is 13.4. The molecule has 0 spiro atoms. The maximum atomic E-state index is 13.4. The van der Waals surface area contributed by atoms with E-state index in [1.807, 2.05) is 13.0 Å². The van der Waals surface area contributed by atoms with Crippen LogP contribution in [0.2, 0.25) is 0 Å². The van der Waals surface area contributed by atoms with E-state index in [2.05, 4.69) is 9.97 Å². The number of carbonyl (C=O) groups is 4. The molecule has 0 saturated heterocycles. The van der Waals surface area contributed by atoms with Gasteiger partial charge in [0.1, 0.15) is 6.07 Å². The molecule has 4 N–H and O–H groups in total. The van der Waals surface area contributed by atoms with E-state index in [9.17, 15) is 24.3 Å². The summed E-state index contributed by atoms with van der Waals surface area (Å²) in [5, 5.41) is 28.7. The number of nitrogens with two attached hydrogens (primary N) is 1. The third kappa shape index (κ3) is 5.79. The van der Waals surface area contributed by atoms with Crippen LogP contribution in [0.5, 0.6) is 0 Å². The molecule has 1 aromatic heterocycles. The van der Waals surface area contributed by atoms with Crippen molar-refractivity contribution in [3.63, 3.8) is 0 Å². The van der Waals surface area contributed by atoms with Crippen LogP contribution in [0.4, 0.5) is 0 Å². The summed E-state index contributed by atoms with van der Waals surface area (Å²) in [7, 11) is 0. The number of rotatable bonds is 11. The summed E-state index contributed by atoms with van der Waals surface area (Å²) in [6, 6.07) is 8.38. The fourth-order valence-electron chi connectivity index (χ4n) is 3.42. The van der Waals surface area contributed by atoms with Gasteiger partial charge in [-0.05, 0) is 12.0 Å². The number of aliphatic carboxylic acids is 2. The van der Waals surface area contributed by atoms with Crippen LogP contribution in [0.3, 0.4) is 0 Å². The van der Waals surface area contributed by atoms with Crippen LogP contribution in [-0.2, 0) is 31.1 Å². The van der Waals surface area contributed by atoms with Crippen molar-refractivity contribution in [3.05, 3.63) is 59.7 Å². The summed E-state index contributed by atoms with van der Waals surface area (Å²) in [6.45, 7) is 1.81. The van der Waals surface area contributed by atoms with Crippen LogP contribution in [0.15, 0.2) is 42.7 Å². The molecule has 0 saturated carbocycles. The first-order chi connectivity index (χ1) is 16.2. The van der Waals surface area contributed by atoms with Gasteiger partial charge in [0.05, 0.1) is 18.0 Å². The lowest BCUT2D eigenvalue weighted by atomic mass is 9.86. The van der Waals surface area contributed by atoms with E-state index in [-0.39, 0.29) is 12.0 Å². The molecule has 34 heavy (non-hydrogen) atoms. The van der Waals surface area contributed by atoms with Crippen molar-refractivity contribution in [1.82, 2.24) is 14.9 Å². The van der Waals surface area contributed by atoms with Gasteiger partial charge in [-0.3, -0.25) is 19.3 Å². The van der Waals surface area contributed by atoms with Gasteiger partial charge in [-0.15, -0.1) is 0 Å². The lowest BCUT2D eigenvalue weighted by molar-refractivity contribution is -0.169. The monoisotopic (exact) mass is 467 g/mol. The van der Waals surface area contributed by atoms with Crippen molar-refractivity contribution >= 4 is 23.8 Å². The fourth-order valence-corrected chi connectivity index (χ4v) is 3.42. The molecule has 2 aromatic rings. The Morgan fingerprint density at radius 2 is 1.76 bits per heavy atom. The van der Waals surface area contributed by atoms with Crippen molar-refractivity contribution in [2.75, 3.05) is 0 Å². The molecule has 0 fully saturated rings. The Balaban J connectivity index is 2.80. The number of benzene rings is 1. The lowest BCUT2D eigenvalue weighted by Gasteiger charge is -2.39. The van der Waals surface area contributed by atoms with Crippen molar-refractivity contribution in [2.45, 2.75) is 50.6 Å². The summed E-state index contributed by atoms with van der Waals surface area (Å²) in [4.78, 5) is 59.3. The molecule has 1 heterocycles. The predicted octanol–water partition coefficient (Wildman–Crippen LogP) is 1.22. The Morgan fingerprint density at radius 1 is 1.15 bits per heavy atom. The molecule has 0 aliphatic carbocycles. The molecular formula is C23H25N5O6. The molecule has 2 rings (SSSR count). The molecule has 0 unspecified atom stereocenters. The smallest absolute Gasteiger partial charge is 0.338 e. The summed E-state index contributed by atoms with van der Waals surface area (Å²) in [5.41, 5.74) is 3.85. The second-order valence-corrected chi connectivity index (χ2v) is 7.61. The average Bonchev–Trinajstić information content (AvgIpc) is 2.82. The van der Waals surface area contributed by atoms with Crippen LogP contribution in [0, 0.1) is 11.3 Å². The van der Waals surface area contributed by atoms with E-state index in [0.29, 0.717) is 23.3 Å². The Kier molecular flexibility index (Phi) is 8.92. The minimum Gasteiger partial charge on any atom is -0.481 e. The van der Waals surface area contributed by atoms with Crippen LogP contribution < -0.4 is 5.73 Å². The first-order valence-electron chi connectivity index (χ1n) is 10.5. The zero-order chi connectivity index (χ0) is 25.3. The van der Waals surface area contributed by atoms with Gasteiger partial charge in [0.2, 0.25) is 17.4 Å². The van der Waals surface area contributed by atoms with Crippen molar-refractivity contribution < 1.29 is 29.4 Å². The lowest BCUT2D eigenvalue weighted by Crippen LogP contribution is -2.62. The Hall–Kier alpha value is -4.17. The van der Waals surface area contributed by atoms with Crippen LogP contribution in [-0.4, -0.2) is 54.9 Å². The number of nitriles is 1. The summed E-state index contributed by atoms with van der Waals surface area (Å²) >= 11 is 0. The number of aromatic nitrogens is 2. The zero-order valence-corrected chi connectivity index (χ0v) is 18.5. The third-order valence-electron chi connectivity index (χ3n) is 5.11. The average molecular weight is 467 g/mol. The number of hydrogen-bond donors (Lipinski definition) is 3. The summed E-state index contributed by atoms with van der Waals surface area (Å²) < 4.78 is 0. The molecular weight excluding hydrogens is 442 g/mol. The zero-order valence-electron chi connectivity index (χ0n) is 18.5. The Labute approximate surface area is 195 Å². The van der Waals surface area contributed by atoms with Gasteiger partial charge in [0, 0.05) is 25.2 Å². The van der Waals surface area contributed by atoms with Crippen LogP contribution >= 0.6 is 0 Å². The predicted molar refractivity (Wildman–Crippen MR) is 118 cm³/mol. The minimum absolute atomic E-state index is 0.0421. The van der Waals surface area contributed by atoms with Crippen LogP contribution in [0.25, 0.3) is 0 Å². The number of carboxylic acid groups (broad SMARTS) is 2. The van der Waals surface area contributed by atoms with E-state index in [1.165, 1.54) is 0 Å². The van der Waals surface area contributed by atoms with E-state index < -0.39 is 54.0 Å². The van der Waals surface area contributed by atoms with Crippen molar-refractivity contribution in [3.8, 4) is 6.07 Å². The number of hydrogen-bond acceptors (Lipinski definition) is 8. The second kappa shape index (κ2) is 11.6. The van der Waals surface area contributed by atoms with Gasteiger partial charge in [-0.2, -0.15) is 5.26 Å². The molecule has 0 aliphatic heterocycles. The molecule has 178 valence electrons. The largest absolute Gasteiger partial charge is 0.481 e. The highest BCUT2D eigenvalue weighted by molar-refractivity contribution is 6.04. The number of nitrogens with zero attached hydrogens (tertiary/aromatic N) is 4. The number of carbonyl (C=O) groups excluding carboxylic acids is 2. The highest BCUT2D eigenvalue weighted by Gasteiger charge is 2.54. The van der Waals surface area contributed by atoms with Gasteiger partial charge in [-0.25, -0.2) is 14.8 Å². The summed E-state index contributed by atoms with van der Waals surface area (Å²) in [6.07, 6.45) is 1.71. The quantitative estimate of drug-likeness (QED) is 0.433. The number of amides is 2. The normalized spacial score (nSPS) is 13.2. The molecule has 2 atom stereocenters. The molecule has 0 bridgehead atoms. The minimum atomic E-state index is -2.44. The van der Waals surface area contributed by atoms with Gasteiger partial charge in [0.25, 0.3) is 0 Å². The molecule has 1 aromatic carbocycles. The van der Waals surface area contributed by atoms with Crippen LogP contribution in [0.1, 0.15) is 49.6 Å². The summed E-state index contributed by atoms with van der Waals surface area (Å²) in [5.74, 6) is -5.43. The highest BCUT2D eigenvalue weighted by Crippen LogP contribution is 2.33. The number of carboxylic acids is 2. The topological polar surface area (TPSA) is 188 Å². The Morgan fingerprint density at radius 3 is 2.26 bits per heavy atom. The fraction of sp³-hybridized carbons (Fsp3) is 0.348. The van der Waals surface area contributed by atoms with Gasteiger partial charge in [-0.1, -0.05) is 43.7 Å². The maximum Gasteiger partial charge on any atom is 0.338 e. The molecule has 11 nitrogen and oxygen atoms in total. The van der Waals surface area contributed by atoms with Gasteiger partial charge in [0.15, 0.2) is 5.82 Å². The number of unbranched alkanes of at least 4 members (excludes halogenated alkanes) is 1. The first kappa shape index (κ1) is 26.1. The van der Waals surface area contributed by atoms with Gasteiger partial charge < -0.3 is 15.9 Å². The van der Waals surface area contributed by atoms with Crippen molar-refractivity contribution in [1.29, 1.82) is 5.26 Å². The molecule has 2 amide bonds.